The molecule has 0 unspecified atom stereocenters. The van der Waals surface area contributed by atoms with Crippen molar-refractivity contribution in [1.82, 2.24) is 20.2 Å². The predicted molar refractivity (Wildman–Crippen MR) is 84.0 cm³/mol. The highest BCUT2D eigenvalue weighted by Gasteiger charge is 2.69. The number of anilines is 1. The molecule has 6 rings (SSSR count). The van der Waals surface area contributed by atoms with Gasteiger partial charge in [-0.15, -0.1) is 16.4 Å². The van der Waals surface area contributed by atoms with Gasteiger partial charge in [-0.25, -0.2) is 14.4 Å². The van der Waals surface area contributed by atoms with Gasteiger partial charge in [0.15, 0.2) is 0 Å². The van der Waals surface area contributed by atoms with E-state index in [0.29, 0.717) is 19.3 Å². The van der Waals surface area contributed by atoms with Gasteiger partial charge < -0.3 is 5.32 Å². The van der Waals surface area contributed by atoms with Gasteiger partial charge in [0.2, 0.25) is 0 Å². The predicted octanol–water partition coefficient (Wildman–Crippen LogP) is 3.31. The van der Waals surface area contributed by atoms with E-state index < -0.39 is 5.67 Å². The van der Waals surface area contributed by atoms with E-state index in [9.17, 15) is 4.39 Å². The Morgan fingerprint density at radius 3 is 2.68 bits per heavy atom. The summed E-state index contributed by atoms with van der Waals surface area (Å²) >= 11 is 1.55. The summed E-state index contributed by atoms with van der Waals surface area (Å²) in [5, 5.41) is 13.0. The number of thiophene rings is 1. The zero-order valence-corrected chi connectivity index (χ0v) is 13.1. The SMILES string of the molecule is Cc1nnc2sc3c(NC45CC(F)(C4)C5)ncnc3c2c1C. The van der Waals surface area contributed by atoms with E-state index in [1.165, 1.54) is 0 Å². The summed E-state index contributed by atoms with van der Waals surface area (Å²) in [7, 11) is 0. The van der Waals surface area contributed by atoms with Gasteiger partial charge in [0.05, 0.1) is 15.9 Å². The maximum absolute atomic E-state index is 13.7. The Hall–Kier alpha value is -1.89. The smallest absolute Gasteiger partial charge is 0.149 e. The van der Waals surface area contributed by atoms with E-state index in [1.54, 1.807) is 17.7 Å². The highest BCUT2D eigenvalue weighted by atomic mass is 32.1. The van der Waals surface area contributed by atoms with Crippen LogP contribution in [0, 0.1) is 13.8 Å². The first kappa shape index (κ1) is 12.6. The number of nitrogens with one attached hydrogen (secondary N) is 1. The third-order valence-corrected chi connectivity index (χ3v) is 6.08. The molecule has 0 atom stereocenters. The number of hydrogen-bond acceptors (Lipinski definition) is 6. The first-order valence-corrected chi connectivity index (χ1v) is 8.15. The Kier molecular flexibility index (Phi) is 2.13. The van der Waals surface area contributed by atoms with Gasteiger partial charge in [0, 0.05) is 30.2 Å². The zero-order chi connectivity index (χ0) is 15.1. The Morgan fingerprint density at radius 1 is 1.18 bits per heavy atom. The maximum atomic E-state index is 13.7. The first-order valence-electron chi connectivity index (χ1n) is 7.33. The topological polar surface area (TPSA) is 63.6 Å². The second-order valence-electron chi connectivity index (χ2n) is 6.68. The number of aromatic nitrogens is 4. The molecule has 0 aromatic carbocycles. The summed E-state index contributed by atoms with van der Waals surface area (Å²) in [6, 6.07) is 0. The molecule has 0 amide bonds. The first-order chi connectivity index (χ1) is 10.5. The molecular weight excluding hydrogens is 301 g/mol. The zero-order valence-electron chi connectivity index (χ0n) is 12.3. The van der Waals surface area contributed by atoms with Gasteiger partial charge >= 0.3 is 0 Å². The second-order valence-corrected chi connectivity index (χ2v) is 7.68. The van der Waals surface area contributed by atoms with Crippen LogP contribution in [0.4, 0.5) is 10.2 Å². The molecule has 0 spiro atoms. The Morgan fingerprint density at radius 2 is 1.95 bits per heavy atom. The van der Waals surface area contributed by atoms with Crippen molar-refractivity contribution in [3.8, 4) is 0 Å². The van der Waals surface area contributed by atoms with Crippen LogP contribution in [0.2, 0.25) is 0 Å². The minimum atomic E-state index is -0.918. The lowest BCUT2D eigenvalue weighted by Gasteiger charge is -2.65. The molecule has 3 aliphatic rings. The molecule has 0 radical (unpaired) electrons. The highest BCUT2D eigenvalue weighted by molar-refractivity contribution is 7.25. The fourth-order valence-electron chi connectivity index (χ4n) is 3.82. The lowest BCUT2D eigenvalue weighted by atomic mass is 9.47. The monoisotopic (exact) mass is 315 g/mol. The summed E-state index contributed by atoms with van der Waals surface area (Å²) < 4.78 is 14.7. The van der Waals surface area contributed by atoms with E-state index in [0.717, 1.165) is 37.5 Å². The number of halogens is 1. The third-order valence-electron chi connectivity index (χ3n) is 5.01. The lowest BCUT2D eigenvalue weighted by Crippen LogP contribution is -2.73. The average Bonchev–Trinajstić information content (AvgIpc) is 2.80. The molecule has 3 heterocycles. The van der Waals surface area contributed by atoms with Crippen molar-refractivity contribution in [2.24, 2.45) is 0 Å². The average molecular weight is 315 g/mol. The maximum Gasteiger partial charge on any atom is 0.149 e. The highest BCUT2D eigenvalue weighted by Crippen LogP contribution is 2.64. The number of fused-ring (bicyclic) bond motifs is 3. The minimum Gasteiger partial charge on any atom is -0.363 e. The van der Waals surface area contributed by atoms with Crippen LogP contribution in [0.25, 0.3) is 20.4 Å². The second kappa shape index (κ2) is 3.71. The number of hydrogen-bond donors (Lipinski definition) is 1. The van der Waals surface area contributed by atoms with Gasteiger partial charge in [-0.3, -0.25) is 0 Å². The molecule has 3 aromatic heterocycles. The molecule has 3 saturated carbocycles. The Bertz CT molecular complexity index is 930. The molecule has 3 fully saturated rings. The molecule has 3 aromatic rings. The van der Waals surface area contributed by atoms with Crippen LogP contribution in [0.1, 0.15) is 30.5 Å². The van der Waals surface area contributed by atoms with Gasteiger partial charge in [-0.2, -0.15) is 5.10 Å². The molecule has 0 aliphatic heterocycles. The van der Waals surface area contributed by atoms with E-state index in [1.807, 2.05) is 13.8 Å². The van der Waals surface area contributed by atoms with E-state index in [2.05, 4.69) is 25.5 Å². The molecule has 22 heavy (non-hydrogen) atoms. The molecular formula is C15H14FN5S. The van der Waals surface area contributed by atoms with Crippen molar-refractivity contribution < 1.29 is 4.39 Å². The van der Waals surface area contributed by atoms with Crippen molar-refractivity contribution in [3.63, 3.8) is 0 Å². The van der Waals surface area contributed by atoms with Crippen LogP contribution >= 0.6 is 11.3 Å². The lowest BCUT2D eigenvalue weighted by molar-refractivity contribution is -0.136. The van der Waals surface area contributed by atoms with Gasteiger partial charge in [0.1, 0.15) is 22.6 Å². The number of alkyl halides is 1. The van der Waals surface area contributed by atoms with Crippen LogP contribution < -0.4 is 5.32 Å². The molecule has 5 nitrogen and oxygen atoms in total. The van der Waals surface area contributed by atoms with Gasteiger partial charge in [-0.05, 0) is 19.4 Å². The Labute approximate surface area is 130 Å². The fraction of sp³-hybridized carbons (Fsp3) is 0.467. The number of rotatable bonds is 2. The van der Waals surface area contributed by atoms with E-state index in [4.69, 9.17) is 0 Å². The molecule has 7 heteroatoms. The quantitative estimate of drug-likeness (QED) is 0.786. The van der Waals surface area contributed by atoms with Crippen molar-refractivity contribution in [3.05, 3.63) is 17.6 Å². The minimum absolute atomic E-state index is 0.0944. The van der Waals surface area contributed by atoms with Crippen LogP contribution in [-0.2, 0) is 0 Å². The van der Waals surface area contributed by atoms with Crippen molar-refractivity contribution in [2.45, 2.75) is 44.3 Å². The van der Waals surface area contributed by atoms with E-state index in [-0.39, 0.29) is 5.54 Å². The normalized spacial score (nSPS) is 29.4. The third kappa shape index (κ3) is 1.47. The van der Waals surface area contributed by atoms with Crippen LogP contribution in [0.5, 0.6) is 0 Å². The van der Waals surface area contributed by atoms with Gasteiger partial charge in [0.25, 0.3) is 0 Å². The van der Waals surface area contributed by atoms with Crippen LogP contribution in [0.3, 0.4) is 0 Å². The number of nitrogens with zero attached hydrogens (tertiary/aromatic N) is 4. The summed E-state index contributed by atoms with van der Waals surface area (Å²) in [6.07, 6.45) is 3.35. The molecule has 2 bridgehead atoms. The van der Waals surface area contributed by atoms with Crippen molar-refractivity contribution in [1.29, 1.82) is 0 Å². The summed E-state index contributed by atoms with van der Waals surface area (Å²) in [5.74, 6) is 0.798. The van der Waals surface area contributed by atoms with Gasteiger partial charge in [-0.1, -0.05) is 0 Å². The van der Waals surface area contributed by atoms with E-state index >= 15 is 0 Å². The molecule has 3 aliphatic carbocycles. The molecule has 112 valence electrons. The van der Waals surface area contributed by atoms with Crippen molar-refractivity contribution >= 4 is 37.6 Å². The summed E-state index contributed by atoms with van der Waals surface area (Å²) in [6.45, 7) is 4.00. The molecule has 0 saturated heterocycles. The van der Waals surface area contributed by atoms with Crippen molar-refractivity contribution in [2.75, 3.05) is 5.32 Å². The number of aryl methyl sites for hydroxylation is 2. The molecule has 1 N–H and O–H groups in total. The van der Waals surface area contributed by atoms with Crippen LogP contribution in [0.15, 0.2) is 6.33 Å². The standard InChI is InChI=1S/C15H14FN5S/c1-7-8(2)20-21-13-9(7)10-11(22-13)12(18-6-17-10)19-15-3-14(16,4-15)5-15/h6H,3-5H2,1-2H3,(H,17,18,19). The Balaban J connectivity index is 1.68. The largest absolute Gasteiger partial charge is 0.363 e. The van der Waals surface area contributed by atoms with Crippen LogP contribution in [-0.4, -0.2) is 31.4 Å². The summed E-state index contributed by atoms with van der Waals surface area (Å²) in [4.78, 5) is 9.71. The summed E-state index contributed by atoms with van der Waals surface area (Å²) in [5.41, 5.74) is 1.92. The fourth-order valence-corrected chi connectivity index (χ4v) is 4.90.